The molecule has 0 radical (unpaired) electrons. The molecule has 1 aliphatic heterocycles. The number of halogens is 2. The third-order valence-corrected chi connectivity index (χ3v) is 3.87. The number of hydrogen-bond donors (Lipinski definition) is 1. The first kappa shape index (κ1) is 14.9. The molecular weight excluding hydrogens is 301 g/mol. The first-order valence-corrected chi connectivity index (χ1v) is 6.92. The second-order valence-corrected chi connectivity index (χ2v) is 5.31. The monoisotopic (exact) mass is 313 g/mol. The van der Waals surface area contributed by atoms with Gasteiger partial charge in [-0.2, -0.15) is 0 Å². The highest BCUT2D eigenvalue weighted by atomic mass is 35.5. The molecule has 1 N–H and O–H groups in total. The van der Waals surface area contributed by atoms with E-state index in [9.17, 15) is 9.59 Å². The summed E-state index contributed by atoms with van der Waals surface area (Å²) in [5.41, 5.74) is 0.551. The van der Waals surface area contributed by atoms with Gasteiger partial charge in [0, 0.05) is 28.2 Å². The molecule has 1 heterocycles. The van der Waals surface area contributed by atoms with E-state index in [1.54, 1.807) is 18.2 Å². The van der Waals surface area contributed by atoms with E-state index in [4.69, 9.17) is 28.3 Å². The lowest BCUT2D eigenvalue weighted by Crippen LogP contribution is -2.39. The average molecular weight is 314 g/mol. The Morgan fingerprint density at radius 3 is 2.55 bits per heavy atom. The quantitative estimate of drug-likeness (QED) is 0.872. The van der Waals surface area contributed by atoms with E-state index >= 15 is 0 Å². The van der Waals surface area contributed by atoms with Gasteiger partial charge < -0.3 is 10.0 Å². The zero-order chi connectivity index (χ0) is 14.7. The topological polar surface area (TPSA) is 57.6 Å². The Morgan fingerprint density at radius 2 is 1.95 bits per heavy atom. The second kappa shape index (κ2) is 6.29. The summed E-state index contributed by atoms with van der Waals surface area (Å²) in [6, 6.07) is 4.32. The van der Waals surface area contributed by atoms with Crippen molar-refractivity contribution in [3.05, 3.63) is 39.9 Å². The molecule has 0 aromatic heterocycles. The van der Waals surface area contributed by atoms with Crippen molar-refractivity contribution in [2.45, 2.75) is 18.9 Å². The molecule has 1 aromatic carbocycles. The maximum Gasteiger partial charge on any atom is 0.326 e. The van der Waals surface area contributed by atoms with Gasteiger partial charge in [-0.25, -0.2) is 4.79 Å². The molecule has 20 heavy (non-hydrogen) atoms. The molecule has 4 nitrogen and oxygen atoms in total. The first-order valence-electron chi connectivity index (χ1n) is 6.16. The van der Waals surface area contributed by atoms with Gasteiger partial charge in [0.05, 0.1) is 0 Å². The zero-order valence-corrected chi connectivity index (χ0v) is 12.1. The van der Waals surface area contributed by atoms with Crippen molar-refractivity contribution in [1.29, 1.82) is 0 Å². The van der Waals surface area contributed by atoms with Crippen LogP contribution < -0.4 is 0 Å². The SMILES string of the molecule is O=C(O)[C@H]1CCCN1C(=O)C=Cc1c(Cl)cccc1Cl. The number of aliphatic carboxylic acids is 1. The van der Waals surface area contributed by atoms with Gasteiger partial charge >= 0.3 is 5.97 Å². The molecule has 2 rings (SSSR count). The third-order valence-electron chi connectivity index (χ3n) is 3.21. The molecule has 0 saturated carbocycles. The van der Waals surface area contributed by atoms with Crippen LogP contribution in [0.5, 0.6) is 0 Å². The Morgan fingerprint density at radius 1 is 1.30 bits per heavy atom. The molecule has 0 unspecified atom stereocenters. The largest absolute Gasteiger partial charge is 0.480 e. The van der Waals surface area contributed by atoms with E-state index in [2.05, 4.69) is 0 Å². The summed E-state index contributed by atoms with van der Waals surface area (Å²) < 4.78 is 0. The number of amides is 1. The minimum atomic E-state index is -0.972. The predicted molar refractivity (Wildman–Crippen MR) is 77.9 cm³/mol. The third kappa shape index (κ3) is 3.14. The number of carbonyl (C=O) groups is 2. The van der Waals surface area contributed by atoms with E-state index in [0.29, 0.717) is 35.0 Å². The Balaban J connectivity index is 2.15. The first-order chi connectivity index (χ1) is 9.50. The van der Waals surface area contributed by atoms with Crippen molar-refractivity contribution in [2.24, 2.45) is 0 Å². The Kier molecular flexibility index (Phi) is 4.68. The average Bonchev–Trinajstić information content (AvgIpc) is 2.87. The highest BCUT2D eigenvalue weighted by Gasteiger charge is 2.32. The van der Waals surface area contributed by atoms with Crippen molar-refractivity contribution < 1.29 is 14.7 Å². The molecule has 1 saturated heterocycles. The van der Waals surface area contributed by atoms with Gasteiger partial charge in [0.15, 0.2) is 0 Å². The minimum Gasteiger partial charge on any atom is -0.480 e. The number of hydrogen-bond acceptors (Lipinski definition) is 2. The highest BCUT2D eigenvalue weighted by Crippen LogP contribution is 2.26. The molecule has 106 valence electrons. The fraction of sp³-hybridized carbons (Fsp3) is 0.286. The Bertz CT molecular complexity index is 551. The van der Waals surface area contributed by atoms with Crippen LogP contribution in [0.1, 0.15) is 18.4 Å². The molecule has 0 aliphatic carbocycles. The summed E-state index contributed by atoms with van der Waals surface area (Å²) in [6.45, 7) is 0.455. The van der Waals surface area contributed by atoms with Crippen LogP contribution in [-0.4, -0.2) is 34.5 Å². The molecule has 1 fully saturated rings. The smallest absolute Gasteiger partial charge is 0.326 e. The van der Waals surface area contributed by atoms with E-state index in [0.717, 1.165) is 0 Å². The molecule has 1 aliphatic rings. The summed E-state index contributed by atoms with van der Waals surface area (Å²) in [5.74, 6) is -1.31. The van der Waals surface area contributed by atoms with Gasteiger partial charge in [0.2, 0.25) is 5.91 Å². The highest BCUT2D eigenvalue weighted by molar-refractivity contribution is 6.37. The molecule has 6 heteroatoms. The van der Waals surface area contributed by atoms with Crippen molar-refractivity contribution in [3.8, 4) is 0 Å². The van der Waals surface area contributed by atoms with Crippen molar-refractivity contribution in [2.75, 3.05) is 6.54 Å². The summed E-state index contributed by atoms with van der Waals surface area (Å²) >= 11 is 12.0. The van der Waals surface area contributed by atoms with Crippen LogP contribution in [0.3, 0.4) is 0 Å². The zero-order valence-electron chi connectivity index (χ0n) is 10.6. The van der Waals surface area contributed by atoms with E-state index < -0.39 is 12.0 Å². The fourth-order valence-electron chi connectivity index (χ4n) is 2.21. The van der Waals surface area contributed by atoms with Gasteiger partial charge in [-0.05, 0) is 31.1 Å². The maximum atomic E-state index is 12.0. The standard InChI is InChI=1S/C14H13Cl2NO3/c15-10-3-1-4-11(16)9(10)6-7-13(18)17-8-2-5-12(17)14(19)20/h1,3-4,6-7,12H,2,5,8H2,(H,19,20)/t12-/m1/s1. The van der Waals surface area contributed by atoms with E-state index in [1.807, 2.05) is 0 Å². The van der Waals surface area contributed by atoms with Crippen molar-refractivity contribution in [1.82, 2.24) is 4.90 Å². The number of benzene rings is 1. The second-order valence-electron chi connectivity index (χ2n) is 4.50. The van der Waals surface area contributed by atoms with Gasteiger partial charge in [-0.15, -0.1) is 0 Å². The molecule has 1 aromatic rings. The predicted octanol–water partition coefficient (Wildman–Crippen LogP) is 3.08. The lowest BCUT2D eigenvalue weighted by Gasteiger charge is -2.19. The van der Waals surface area contributed by atoms with Crippen LogP contribution >= 0.6 is 23.2 Å². The molecule has 1 atom stereocenters. The summed E-state index contributed by atoms with van der Waals surface area (Å²) in [7, 11) is 0. The molecule has 1 amide bonds. The van der Waals surface area contributed by atoms with Crippen LogP contribution in [0.4, 0.5) is 0 Å². The Labute approximate surface area is 126 Å². The number of likely N-dealkylation sites (tertiary alicyclic amines) is 1. The normalized spacial score (nSPS) is 18.7. The summed E-state index contributed by atoms with van der Waals surface area (Å²) in [4.78, 5) is 24.4. The van der Waals surface area contributed by atoms with Crippen LogP contribution in [0.2, 0.25) is 10.0 Å². The lowest BCUT2D eigenvalue weighted by atomic mass is 10.2. The van der Waals surface area contributed by atoms with Gasteiger partial charge in [0.1, 0.15) is 6.04 Å². The van der Waals surface area contributed by atoms with E-state index in [1.165, 1.54) is 17.1 Å². The van der Waals surface area contributed by atoms with E-state index in [-0.39, 0.29) is 5.91 Å². The van der Waals surface area contributed by atoms with Gasteiger partial charge in [0.25, 0.3) is 0 Å². The van der Waals surface area contributed by atoms with Crippen LogP contribution in [0.15, 0.2) is 24.3 Å². The molecular formula is C14H13Cl2NO3. The van der Waals surface area contributed by atoms with Gasteiger partial charge in [-0.1, -0.05) is 29.3 Å². The number of carbonyl (C=O) groups excluding carboxylic acids is 1. The number of carboxylic acids is 1. The minimum absolute atomic E-state index is 0.342. The van der Waals surface area contributed by atoms with Crippen LogP contribution in [0.25, 0.3) is 6.08 Å². The summed E-state index contributed by atoms with van der Waals surface area (Å²) in [6.07, 6.45) is 4.02. The van der Waals surface area contributed by atoms with Gasteiger partial charge in [-0.3, -0.25) is 4.79 Å². The Hall–Kier alpha value is -1.52. The van der Waals surface area contributed by atoms with Crippen molar-refractivity contribution in [3.63, 3.8) is 0 Å². The molecule has 0 spiro atoms. The van der Waals surface area contributed by atoms with Crippen molar-refractivity contribution >= 4 is 41.2 Å². The number of carboxylic acid groups (broad SMARTS) is 1. The summed E-state index contributed by atoms with van der Waals surface area (Å²) in [5, 5.41) is 9.93. The fourth-order valence-corrected chi connectivity index (χ4v) is 2.73. The van der Waals surface area contributed by atoms with Crippen LogP contribution in [0, 0.1) is 0 Å². The number of rotatable bonds is 3. The molecule has 0 bridgehead atoms. The lowest BCUT2D eigenvalue weighted by molar-refractivity contribution is -0.146. The number of nitrogens with zero attached hydrogens (tertiary/aromatic N) is 1. The maximum absolute atomic E-state index is 12.0. The van der Waals surface area contributed by atoms with Crippen LogP contribution in [-0.2, 0) is 9.59 Å².